The fraction of sp³-hybridized carbons (Fsp3) is 0.500. The Balaban J connectivity index is 0.000000385. The second kappa shape index (κ2) is 6.36. The maximum absolute atomic E-state index is 11.4. The molecule has 1 N–H and O–H groups in total. The lowest BCUT2D eigenvalue weighted by Gasteiger charge is -1.95. The number of hydrogen-bond acceptors (Lipinski definition) is 4. The minimum atomic E-state index is -4.92. The van der Waals surface area contributed by atoms with Gasteiger partial charge < -0.3 is 4.55 Å². The summed E-state index contributed by atoms with van der Waals surface area (Å²) in [4.78, 5) is 11.4. The molecule has 0 spiro atoms. The first-order chi connectivity index (χ1) is 7.29. The van der Waals surface area contributed by atoms with Crippen molar-refractivity contribution in [3.05, 3.63) is 28.9 Å². The Kier molecular flexibility index (Phi) is 5.86. The van der Waals surface area contributed by atoms with Gasteiger partial charge in [-0.3, -0.25) is 4.55 Å². The molecular formula is C8H14N2O5S. The maximum Gasteiger partial charge on any atom is 0.497 e. The van der Waals surface area contributed by atoms with Crippen LogP contribution in [0.25, 0.3) is 0 Å². The Morgan fingerprint density at radius 1 is 1.50 bits per heavy atom. The predicted octanol–water partition coefficient (Wildman–Crippen LogP) is -0.820. The summed E-state index contributed by atoms with van der Waals surface area (Å²) in [6, 6.07) is 1.88. The van der Waals surface area contributed by atoms with E-state index >= 15 is 0 Å². The van der Waals surface area contributed by atoms with Crippen molar-refractivity contribution in [1.29, 1.82) is 0 Å². The van der Waals surface area contributed by atoms with Gasteiger partial charge in [-0.05, 0) is 13.8 Å². The van der Waals surface area contributed by atoms with Crippen LogP contribution in [0.2, 0.25) is 0 Å². The van der Waals surface area contributed by atoms with Crippen LogP contribution in [0.5, 0.6) is 0 Å². The highest BCUT2D eigenvalue weighted by Crippen LogP contribution is 1.75. The minimum absolute atomic E-state index is 0.0671. The SMILES string of the molecule is CCn1ccc[n+](CC)c1=O.O=S(=O)([O-])O. The number of hydrogen-bond donors (Lipinski definition) is 1. The minimum Gasteiger partial charge on any atom is -0.726 e. The molecule has 1 aromatic heterocycles. The first-order valence-corrected chi connectivity index (χ1v) is 5.93. The lowest BCUT2D eigenvalue weighted by atomic mass is 10.5. The largest absolute Gasteiger partial charge is 0.726 e. The van der Waals surface area contributed by atoms with Crippen LogP contribution in [-0.4, -0.2) is 22.1 Å². The van der Waals surface area contributed by atoms with Gasteiger partial charge in [-0.2, -0.15) is 13.9 Å². The molecule has 1 aromatic rings. The van der Waals surface area contributed by atoms with Gasteiger partial charge in [-0.1, -0.05) is 0 Å². The first kappa shape index (κ1) is 14.8. The van der Waals surface area contributed by atoms with Gasteiger partial charge in [0.25, 0.3) is 0 Å². The van der Waals surface area contributed by atoms with E-state index in [0.717, 1.165) is 13.1 Å². The van der Waals surface area contributed by atoms with Gasteiger partial charge in [0.1, 0.15) is 0 Å². The third kappa shape index (κ3) is 6.27. The lowest BCUT2D eigenvalue weighted by molar-refractivity contribution is -0.712. The zero-order valence-electron chi connectivity index (χ0n) is 9.03. The Bertz CT molecular complexity index is 446. The van der Waals surface area contributed by atoms with Gasteiger partial charge in [0.2, 0.25) is 10.4 Å². The molecule has 0 aliphatic heterocycles. The van der Waals surface area contributed by atoms with Gasteiger partial charge in [0, 0.05) is 6.07 Å². The molecule has 0 aromatic carbocycles. The monoisotopic (exact) mass is 250 g/mol. The van der Waals surface area contributed by atoms with Gasteiger partial charge in [-0.15, -0.1) is 0 Å². The average Bonchev–Trinajstić information content (AvgIpc) is 2.16. The summed E-state index contributed by atoms with van der Waals surface area (Å²) >= 11 is 0. The molecule has 1 rings (SSSR count). The highest BCUT2D eigenvalue weighted by atomic mass is 32.3. The smallest absolute Gasteiger partial charge is 0.497 e. The maximum atomic E-state index is 11.4. The normalized spacial score (nSPS) is 10.5. The van der Waals surface area contributed by atoms with Crippen molar-refractivity contribution >= 4 is 10.4 Å². The molecule has 0 aliphatic carbocycles. The van der Waals surface area contributed by atoms with Gasteiger partial charge in [-0.25, -0.2) is 8.42 Å². The number of aromatic nitrogens is 2. The molecular weight excluding hydrogens is 236 g/mol. The van der Waals surface area contributed by atoms with E-state index in [1.807, 2.05) is 19.9 Å². The molecule has 7 nitrogen and oxygen atoms in total. The summed E-state index contributed by atoms with van der Waals surface area (Å²) in [5, 5.41) is 0. The van der Waals surface area contributed by atoms with Gasteiger partial charge in [0.15, 0.2) is 0 Å². The van der Waals surface area contributed by atoms with E-state index < -0.39 is 10.4 Å². The van der Waals surface area contributed by atoms with Crippen LogP contribution in [0.4, 0.5) is 0 Å². The number of rotatable bonds is 2. The van der Waals surface area contributed by atoms with Gasteiger partial charge in [0.05, 0.1) is 25.5 Å². The number of aryl methyl sites for hydroxylation is 2. The van der Waals surface area contributed by atoms with E-state index in [-0.39, 0.29) is 5.69 Å². The van der Waals surface area contributed by atoms with Crippen LogP contribution < -0.4 is 10.3 Å². The standard InChI is InChI=1S/C8H13N2O.H2O4S/c1-3-9-6-5-7-10(4-2)8(9)11;1-5(2,3)4/h5-7H,3-4H2,1-2H3;(H2,1,2,3,4)/q+1;/p-1. The Morgan fingerprint density at radius 2 is 2.00 bits per heavy atom. The average molecular weight is 250 g/mol. The third-order valence-corrected chi connectivity index (χ3v) is 1.70. The molecule has 8 heteroatoms. The van der Waals surface area contributed by atoms with E-state index in [2.05, 4.69) is 0 Å². The van der Waals surface area contributed by atoms with E-state index in [1.54, 1.807) is 21.5 Å². The van der Waals surface area contributed by atoms with E-state index in [9.17, 15) is 4.79 Å². The quantitative estimate of drug-likeness (QED) is 0.419. The first-order valence-electron chi connectivity index (χ1n) is 4.56. The highest BCUT2D eigenvalue weighted by molar-refractivity contribution is 7.79. The fourth-order valence-electron chi connectivity index (χ4n) is 1.02. The summed E-state index contributed by atoms with van der Waals surface area (Å²) in [5.41, 5.74) is 0.0671. The molecule has 0 saturated heterocycles. The summed E-state index contributed by atoms with van der Waals surface area (Å²) in [6.45, 7) is 5.39. The molecule has 0 bridgehead atoms. The second-order valence-electron chi connectivity index (χ2n) is 2.77. The van der Waals surface area contributed by atoms with E-state index in [4.69, 9.17) is 17.5 Å². The van der Waals surface area contributed by atoms with Crippen LogP contribution in [0.3, 0.4) is 0 Å². The molecule has 16 heavy (non-hydrogen) atoms. The van der Waals surface area contributed by atoms with Crippen molar-refractivity contribution in [3.63, 3.8) is 0 Å². The van der Waals surface area contributed by atoms with Crippen LogP contribution in [0.15, 0.2) is 23.3 Å². The van der Waals surface area contributed by atoms with Gasteiger partial charge >= 0.3 is 5.69 Å². The summed E-state index contributed by atoms with van der Waals surface area (Å²) in [7, 11) is -4.92. The molecule has 0 fully saturated rings. The Hall–Kier alpha value is -1.25. The molecule has 0 unspecified atom stereocenters. The van der Waals surface area contributed by atoms with Crippen molar-refractivity contribution in [2.75, 3.05) is 0 Å². The van der Waals surface area contributed by atoms with Crippen molar-refractivity contribution in [1.82, 2.24) is 4.57 Å². The molecule has 0 radical (unpaired) electrons. The summed E-state index contributed by atoms with van der Waals surface area (Å²) in [5.74, 6) is 0. The van der Waals surface area contributed by atoms with Crippen molar-refractivity contribution in [2.24, 2.45) is 0 Å². The molecule has 0 amide bonds. The van der Waals surface area contributed by atoms with Crippen LogP contribution in [0, 0.1) is 0 Å². The predicted molar refractivity (Wildman–Crippen MR) is 54.6 cm³/mol. The highest BCUT2D eigenvalue weighted by Gasteiger charge is 2.04. The molecule has 1 heterocycles. The Labute approximate surface area is 93.5 Å². The zero-order chi connectivity index (χ0) is 12.8. The molecule has 0 aliphatic rings. The van der Waals surface area contributed by atoms with Crippen LogP contribution >= 0.6 is 0 Å². The fourth-order valence-corrected chi connectivity index (χ4v) is 1.02. The summed E-state index contributed by atoms with van der Waals surface area (Å²) < 4.78 is 36.2. The molecule has 0 atom stereocenters. The summed E-state index contributed by atoms with van der Waals surface area (Å²) in [6.07, 6.45) is 3.60. The van der Waals surface area contributed by atoms with E-state index in [0.29, 0.717) is 0 Å². The zero-order valence-corrected chi connectivity index (χ0v) is 9.85. The van der Waals surface area contributed by atoms with E-state index in [1.165, 1.54) is 0 Å². The van der Waals surface area contributed by atoms with Crippen LogP contribution in [-0.2, 0) is 23.5 Å². The van der Waals surface area contributed by atoms with Crippen LogP contribution in [0.1, 0.15) is 13.8 Å². The molecule has 0 saturated carbocycles. The topological polar surface area (TPSA) is 103 Å². The molecule has 92 valence electrons. The van der Waals surface area contributed by atoms with Crippen molar-refractivity contribution < 1.29 is 22.1 Å². The second-order valence-corrected chi connectivity index (χ2v) is 3.63. The van der Waals surface area contributed by atoms with Crippen molar-refractivity contribution in [2.45, 2.75) is 26.9 Å². The number of nitrogens with zero attached hydrogens (tertiary/aromatic N) is 2. The lowest BCUT2D eigenvalue weighted by Crippen LogP contribution is -2.52. The van der Waals surface area contributed by atoms with Crippen molar-refractivity contribution in [3.8, 4) is 0 Å². The third-order valence-electron chi connectivity index (χ3n) is 1.70. The Morgan fingerprint density at radius 3 is 2.38 bits per heavy atom.